The predicted octanol–water partition coefficient (Wildman–Crippen LogP) is 8.59. The van der Waals surface area contributed by atoms with Crippen molar-refractivity contribution in [3.05, 3.63) is 71.1 Å². The zero-order chi connectivity index (χ0) is 30.5. The summed E-state index contributed by atoms with van der Waals surface area (Å²) in [5.41, 5.74) is 5.63. The minimum atomic E-state index is -4.68. The van der Waals surface area contributed by atoms with Crippen molar-refractivity contribution in [2.75, 3.05) is 6.61 Å². The largest absolute Gasteiger partial charge is 0.493 e. The zero-order valence-corrected chi connectivity index (χ0v) is 23.6. The molecule has 1 aromatic heterocycles. The van der Waals surface area contributed by atoms with Crippen LogP contribution in [0, 0.1) is 17.2 Å². The van der Waals surface area contributed by atoms with Gasteiger partial charge in [0.1, 0.15) is 5.75 Å². The Morgan fingerprint density at radius 1 is 1.12 bits per heavy atom. The molecule has 1 saturated carbocycles. The summed E-state index contributed by atoms with van der Waals surface area (Å²) in [5, 5.41) is 11.9. The third-order valence-electron chi connectivity index (χ3n) is 7.80. The molecular formula is C31H35F5N4O2. The highest BCUT2D eigenvalue weighted by Gasteiger charge is 2.36. The number of ether oxygens (including phenoxy) is 1. The van der Waals surface area contributed by atoms with E-state index in [0.29, 0.717) is 24.3 Å². The van der Waals surface area contributed by atoms with Crippen LogP contribution in [0.5, 0.6) is 5.75 Å². The van der Waals surface area contributed by atoms with Crippen LogP contribution in [0.25, 0.3) is 17.5 Å². The van der Waals surface area contributed by atoms with Crippen molar-refractivity contribution in [3.63, 3.8) is 0 Å². The Labute approximate surface area is 241 Å². The SMILES string of the molecule is CCC(F)(F)c1ccc(/C=C/CCOc2ccc(-c3noc([C@@H]4CCCC(C)C(C(=N)N)C4)n3)cc2C(F)(F)F)cc1. The quantitative estimate of drug-likeness (QED) is 0.0810. The number of aromatic nitrogens is 2. The van der Waals surface area contributed by atoms with Gasteiger partial charge in [0.05, 0.1) is 18.0 Å². The Bertz CT molecular complexity index is 1380. The van der Waals surface area contributed by atoms with E-state index in [4.69, 9.17) is 20.4 Å². The molecular weight excluding hydrogens is 555 g/mol. The molecule has 0 aliphatic heterocycles. The van der Waals surface area contributed by atoms with Crippen LogP contribution in [-0.2, 0) is 12.1 Å². The molecule has 0 amide bonds. The van der Waals surface area contributed by atoms with Crippen LogP contribution in [0.4, 0.5) is 22.0 Å². The van der Waals surface area contributed by atoms with Crippen LogP contribution in [-0.4, -0.2) is 22.6 Å². The second-order valence-electron chi connectivity index (χ2n) is 10.8. The number of rotatable bonds is 10. The molecule has 0 saturated heterocycles. The Kier molecular flexibility index (Phi) is 9.68. The Morgan fingerprint density at radius 2 is 1.86 bits per heavy atom. The van der Waals surface area contributed by atoms with Gasteiger partial charge in [-0.05, 0) is 55.4 Å². The van der Waals surface area contributed by atoms with Gasteiger partial charge < -0.3 is 15.0 Å². The van der Waals surface area contributed by atoms with Gasteiger partial charge in [0.2, 0.25) is 11.7 Å². The lowest BCUT2D eigenvalue weighted by atomic mass is 9.86. The third-order valence-corrected chi connectivity index (χ3v) is 7.80. The van der Waals surface area contributed by atoms with Gasteiger partial charge >= 0.3 is 6.18 Å². The van der Waals surface area contributed by atoms with E-state index in [9.17, 15) is 22.0 Å². The monoisotopic (exact) mass is 590 g/mol. The van der Waals surface area contributed by atoms with Crippen LogP contribution in [0.1, 0.15) is 80.9 Å². The molecule has 0 spiro atoms. The number of nitrogens with zero attached hydrogens (tertiary/aromatic N) is 2. The number of alkyl halides is 5. The van der Waals surface area contributed by atoms with Crippen molar-refractivity contribution < 1.29 is 31.2 Å². The number of nitrogens with two attached hydrogens (primary N) is 1. The molecule has 1 aliphatic carbocycles. The number of nitrogens with one attached hydrogen (secondary N) is 1. The first-order valence-corrected chi connectivity index (χ1v) is 14.1. The molecule has 3 N–H and O–H groups in total. The molecule has 1 fully saturated rings. The van der Waals surface area contributed by atoms with Gasteiger partial charge in [0.25, 0.3) is 5.92 Å². The van der Waals surface area contributed by atoms with Crippen LogP contribution < -0.4 is 10.5 Å². The molecule has 4 rings (SSSR count). The molecule has 1 heterocycles. The van der Waals surface area contributed by atoms with Crippen molar-refractivity contribution >= 4 is 11.9 Å². The topological polar surface area (TPSA) is 98.0 Å². The summed E-state index contributed by atoms with van der Waals surface area (Å²) in [6, 6.07) is 9.50. The Balaban J connectivity index is 1.42. The van der Waals surface area contributed by atoms with Gasteiger partial charge in [-0.2, -0.15) is 18.2 Å². The van der Waals surface area contributed by atoms with Gasteiger partial charge in [-0.3, -0.25) is 5.41 Å². The lowest BCUT2D eigenvalue weighted by Crippen LogP contribution is -2.28. The summed E-state index contributed by atoms with van der Waals surface area (Å²) in [6.07, 6.45) is 1.91. The van der Waals surface area contributed by atoms with Crippen molar-refractivity contribution in [2.45, 2.75) is 70.4 Å². The number of halogens is 5. The van der Waals surface area contributed by atoms with Crippen LogP contribution in [0.2, 0.25) is 0 Å². The van der Waals surface area contributed by atoms with Gasteiger partial charge in [0.15, 0.2) is 0 Å². The van der Waals surface area contributed by atoms with E-state index >= 15 is 0 Å². The van der Waals surface area contributed by atoms with E-state index < -0.39 is 17.7 Å². The third kappa shape index (κ3) is 7.54. The van der Waals surface area contributed by atoms with E-state index in [1.165, 1.54) is 31.2 Å². The molecule has 42 heavy (non-hydrogen) atoms. The molecule has 2 unspecified atom stereocenters. The highest BCUT2D eigenvalue weighted by Crippen LogP contribution is 2.40. The summed E-state index contributed by atoms with van der Waals surface area (Å²) in [7, 11) is 0. The summed E-state index contributed by atoms with van der Waals surface area (Å²) < 4.78 is 80.3. The number of hydrogen-bond acceptors (Lipinski definition) is 5. The molecule has 1 aliphatic rings. The van der Waals surface area contributed by atoms with Crippen molar-refractivity contribution in [3.8, 4) is 17.1 Å². The standard InChI is InChI=1S/C31H35F5N4O2/c1-3-30(32,33)23-13-10-20(11-14-23)8-4-5-16-41-26-15-12-21(18-25(26)31(34,35)36)28-39-29(42-40-28)22-9-6-7-19(2)24(17-22)27(37)38/h4,8,10-15,18-19,22,24H,3,5-7,9,16-17H2,1-2H3,(H3,37,38)/b8-4+/t19?,22-,24?/m1/s1. The predicted molar refractivity (Wildman–Crippen MR) is 150 cm³/mol. The van der Waals surface area contributed by atoms with Gasteiger partial charge in [-0.1, -0.05) is 61.8 Å². The lowest BCUT2D eigenvalue weighted by Gasteiger charge is -2.21. The maximum absolute atomic E-state index is 13.9. The van der Waals surface area contributed by atoms with Crippen molar-refractivity contribution in [1.82, 2.24) is 10.1 Å². The molecule has 3 atom stereocenters. The fraction of sp³-hybridized carbons (Fsp3) is 0.452. The Hall–Kier alpha value is -3.76. The first-order valence-electron chi connectivity index (χ1n) is 14.1. The minimum absolute atomic E-state index is 0.0192. The van der Waals surface area contributed by atoms with E-state index in [2.05, 4.69) is 17.1 Å². The fourth-order valence-corrected chi connectivity index (χ4v) is 5.24. The minimum Gasteiger partial charge on any atom is -0.493 e. The van der Waals surface area contributed by atoms with Crippen LogP contribution in [0.15, 0.2) is 53.1 Å². The first kappa shape index (κ1) is 31.2. The van der Waals surface area contributed by atoms with Gasteiger partial charge in [0, 0.05) is 29.4 Å². The summed E-state index contributed by atoms with van der Waals surface area (Å²) in [5.74, 6) is -2.71. The average Bonchev–Trinajstić information content (AvgIpc) is 3.36. The number of benzene rings is 2. The second kappa shape index (κ2) is 13.0. The molecule has 3 aromatic rings. The van der Waals surface area contributed by atoms with E-state index in [1.54, 1.807) is 24.3 Å². The molecule has 2 aromatic carbocycles. The molecule has 11 heteroatoms. The van der Waals surface area contributed by atoms with Crippen LogP contribution in [0.3, 0.4) is 0 Å². The second-order valence-corrected chi connectivity index (χ2v) is 10.8. The summed E-state index contributed by atoms with van der Waals surface area (Å²) in [4.78, 5) is 4.41. The first-order chi connectivity index (χ1) is 19.9. The normalized spacial score (nSPS) is 20.0. The highest BCUT2D eigenvalue weighted by atomic mass is 19.4. The Morgan fingerprint density at radius 3 is 2.52 bits per heavy atom. The highest BCUT2D eigenvalue weighted by molar-refractivity contribution is 5.80. The van der Waals surface area contributed by atoms with Crippen molar-refractivity contribution in [2.24, 2.45) is 17.6 Å². The van der Waals surface area contributed by atoms with Crippen molar-refractivity contribution in [1.29, 1.82) is 5.41 Å². The molecule has 226 valence electrons. The van der Waals surface area contributed by atoms with Gasteiger partial charge in [-0.15, -0.1) is 0 Å². The summed E-state index contributed by atoms with van der Waals surface area (Å²) >= 11 is 0. The summed E-state index contributed by atoms with van der Waals surface area (Å²) in [6.45, 7) is 3.46. The maximum Gasteiger partial charge on any atom is 0.419 e. The molecule has 6 nitrogen and oxygen atoms in total. The molecule has 0 radical (unpaired) electrons. The van der Waals surface area contributed by atoms with Gasteiger partial charge in [-0.25, -0.2) is 8.78 Å². The number of hydrogen-bond donors (Lipinski definition) is 2. The molecule has 0 bridgehead atoms. The zero-order valence-electron chi connectivity index (χ0n) is 23.6. The van der Waals surface area contributed by atoms with Crippen LogP contribution >= 0.6 is 0 Å². The smallest absolute Gasteiger partial charge is 0.419 e. The average molecular weight is 591 g/mol. The van der Waals surface area contributed by atoms with E-state index in [1.807, 2.05) is 0 Å². The van der Waals surface area contributed by atoms with E-state index in [0.717, 1.165) is 25.3 Å². The maximum atomic E-state index is 13.9. The number of amidine groups is 1. The fourth-order valence-electron chi connectivity index (χ4n) is 5.24. The lowest BCUT2D eigenvalue weighted by molar-refractivity contribution is -0.138. The van der Waals surface area contributed by atoms with E-state index in [-0.39, 0.29) is 59.3 Å².